The number of furan rings is 1. The van der Waals surface area contributed by atoms with Crippen LogP contribution in [0.3, 0.4) is 0 Å². The van der Waals surface area contributed by atoms with Crippen LogP contribution in [0.25, 0.3) is 0 Å². The summed E-state index contributed by atoms with van der Waals surface area (Å²) in [5.74, 6) is -0.925. The summed E-state index contributed by atoms with van der Waals surface area (Å²) in [5, 5.41) is 0. The summed E-state index contributed by atoms with van der Waals surface area (Å²) in [7, 11) is 1.64. The smallest absolute Gasteiger partial charge is 0.298 e. The molecule has 0 aliphatic carbocycles. The molecule has 3 rings (SSSR count). The van der Waals surface area contributed by atoms with Gasteiger partial charge >= 0.3 is 0 Å². The van der Waals surface area contributed by atoms with Crippen LogP contribution in [-0.4, -0.2) is 36.7 Å². The summed E-state index contributed by atoms with van der Waals surface area (Å²) < 4.78 is 5.01. The van der Waals surface area contributed by atoms with E-state index in [2.05, 4.69) is 10.9 Å². The first-order valence-corrected chi connectivity index (χ1v) is 7.53. The van der Waals surface area contributed by atoms with Crippen LogP contribution in [0.15, 0.2) is 53.1 Å². The van der Waals surface area contributed by atoms with E-state index >= 15 is 0 Å². The molecule has 1 aromatic carbocycles. The average Bonchev–Trinajstić information content (AvgIpc) is 3.26. The molecule has 0 radical (unpaired) electrons. The molecule has 6 nitrogen and oxygen atoms in total. The van der Waals surface area contributed by atoms with E-state index < -0.39 is 11.7 Å². The molecule has 23 heavy (non-hydrogen) atoms. The molecule has 0 bridgehead atoms. The summed E-state index contributed by atoms with van der Waals surface area (Å²) in [6.07, 6.45) is 1.39. The third-order valence-electron chi connectivity index (χ3n) is 4.05. The van der Waals surface area contributed by atoms with Gasteiger partial charge in [-0.1, -0.05) is 30.3 Å². The second-order valence-electron chi connectivity index (χ2n) is 5.67. The first-order valence-electron chi connectivity index (χ1n) is 7.53. The minimum absolute atomic E-state index is 0.0733. The van der Waals surface area contributed by atoms with Crippen LogP contribution in [0.2, 0.25) is 0 Å². The molecular weight excluding hydrogens is 294 g/mol. The van der Waals surface area contributed by atoms with Gasteiger partial charge in [0.2, 0.25) is 0 Å². The van der Waals surface area contributed by atoms with E-state index in [-0.39, 0.29) is 17.7 Å². The number of nitrogens with zero attached hydrogens (tertiary/aromatic N) is 1. The SMILES string of the molecule is CN(CC1CNNC1c1ccccc1)C(=O)C(=O)c1ccco1. The zero-order valence-electron chi connectivity index (χ0n) is 12.9. The fraction of sp³-hybridized carbons (Fsp3) is 0.294. The molecule has 6 heteroatoms. The second-order valence-corrected chi connectivity index (χ2v) is 5.67. The number of benzene rings is 1. The van der Waals surface area contributed by atoms with Gasteiger partial charge in [-0.05, 0) is 17.7 Å². The zero-order valence-corrected chi connectivity index (χ0v) is 12.9. The Morgan fingerprint density at radius 1 is 1.22 bits per heavy atom. The third-order valence-corrected chi connectivity index (χ3v) is 4.05. The average molecular weight is 313 g/mol. The molecule has 2 atom stereocenters. The number of hydrogen-bond donors (Lipinski definition) is 2. The van der Waals surface area contributed by atoms with Gasteiger partial charge in [-0.25, -0.2) is 5.43 Å². The Labute approximate surface area is 134 Å². The number of amides is 1. The summed E-state index contributed by atoms with van der Waals surface area (Å²) in [6.45, 7) is 1.21. The highest BCUT2D eigenvalue weighted by Crippen LogP contribution is 2.25. The third kappa shape index (κ3) is 3.33. The van der Waals surface area contributed by atoms with E-state index in [1.807, 2.05) is 30.3 Å². The van der Waals surface area contributed by atoms with Crippen molar-refractivity contribution in [3.05, 3.63) is 60.1 Å². The highest BCUT2D eigenvalue weighted by molar-refractivity contribution is 6.41. The first-order chi connectivity index (χ1) is 11.2. The Morgan fingerprint density at radius 2 is 2.00 bits per heavy atom. The predicted octanol–water partition coefficient (Wildman–Crippen LogP) is 1.39. The maximum atomic E-state index is 12.2. The van der Waals surface area contributed by atoms with Crippen LogP contribution in [0.5, 0.6) is 0 Å². The van der Waals surface area contributed by atoms with Gasteiger partial charge < -0.3 is 9.32 Å². The summed E-state index contributed by atoms with van der Waals surface area (Å²) in [4.78, 5) is 25.8. The van der Waals surface area contributed by atoms with Crippen molar-refractivity contribution < 1.29 is 14.0 Å². The van der Waals surface area contributed by atoms with E-state index in [0.717, 1.165) is 12.1 Å². The summed E-state index contributed by atoms with van der Waals surface area (Å²) in [5.41, 5.74) is 7.52. The van der Waals surface area contributed by atoms with Crippen molar-refractivity contribution in [1.82, 2.24) is 15.8 Å². The van der Waals surface area contributed by atoms with Crippen LogP contribution < -0.4 is 10.9 Å². The maximum absolute atomic E-state index is 12.2. The van der Waals surface area contributed by atoms with Crippen molar-refractivity contribution >= 4 is 11.7 Å². The Balaban J connectivity index is 1.66. The van der Waals surface area contributed by atoms with E-state index in [1.54, 1.807) is 13.1 Å². The van der Waals surface area contributed by atoms with Crippen LogP contribution in [0, 0.1) is 5.92 Å². The molecule has 1 aliphatic heterocycles. The second kappa shape index (κ2) is 6.76. The van der Waals surface area contributed by atoms with Gasteiger partial charge in [-0.3, -0.25) is 15.0 Å². The van der Waals surface area contributed by atoms with Crippen molar-refractivity contribution in [2.24, 2.45) is 5.92 Å². The van der Waals surface area contributed by atoms with Gasteiger partial charge in [0, 0.05) is 26.1 Å². The molecule has 2 N–H and O–H groups in total. The molecule has 2 unspecified atom stereocenters. The van der Waals surface area contributed by atoms with Crippen molar-refractivity contribution in [2.45, 2.75) is 6.04 Å². The van der Waals surface area contributed by atoms with Crippen molar-refractivity contribution in [1.29, 1.82) is 0 Å². The number of ketones is 1. The quantitative estimate of drug-likeness (QED) is 0.644. The highest BCUT2D eigenvalue weighted by atomic mass is 16.3. The number of rotatable bonds is 5. The predicted molar refractivity (Wildman–Crippen MR) is 84.5 cm³/mol. The zero-order chi connectivity index (χ0) is 16.2. The number of hydrogen-bond acceptors (Lipinski definition) is 5. The lowest BCUT2D eigenvalue weighted by Crippen LogP contribution is -2.38. The number of nitrogens with one attached hydrogen (secondary N) is 2. The Morgan fingerprint density at radius 3 is 2.70 bits per heavy atom. The number of Topliss-reactive ketones (excluding diaryl/α,β-unsaturated/α-hetero) is 1. The lowest BCUT2D eigenvalue weighted by Gasteiger charge is -2.24. The molecular formula is C17H19N3O3. The van der Waals surface area contributed by atoms with Gasteiger partial charge in [0.25, 0.3) is 11.7 Å². The molecule has 2 heterocycles. The first kappa shape index (κ1) is 15.5. The van der Waals surface area contributed by atoms with E-state index in [0.29, 0.717) is 6.54 Å². The topological polar surface area (TPSA) is 74.6 Å². The molecule has 0 spiro atoms. The van der Waals surface area contributed by atoms with Gasteiger partial charge in [0.15, 0.2) is 5.76 Å². The number of likely N-dealkylation sites (N-methyl/N-ethyl adjacent to an activating group) is 1. The van der Waals surface area contributed by atoms with Crippen LogP contribution in [0.1, 0.15) is 22.2 Å². The molecule has 1 aromatic heterocycles. The van der Waals surface area contributed by atoms with Crippen LogP contribution >= 0.6 is 0 Å². The van der Waals surface area contributed by atoms with Crippen LogP contribution in [0.4, 0.5) is 0 Å². The van der Waals surface area contributed by atoms with Crippen molar-refractivity contribution in [3.8, 4) is 0 Å². The molecule has 1 amide bonds. The standard InChI is InChI=1S/C17H19N3O3/c1-20(17(22)16(21)14-8-5-9-23-14)11-13-10-18-19-15(13)12-6-3-2-4-7-12/h2-9,13,15,18-19H,10-11H2,1H3. The Hall–Kier alpha value is -2.44. The number of carbonyl (C=O) groups excluding carboxylic acids is 2. The normalized spacial score (nSPS) is 20.4. The lowest BCUT2D eigenvalue weighted by molar-refractivity contribution is -0.125. The summed E-state index contributed by atoms with van der Waals surface area (Å²) >= 11 is 0. The monoisotopic (exact) mass is 313 g/mol. The van der Waals surface area contributed by atoms with Gasteiger partial charge in [0.1, 0.15) is 0 Å². The van der Waals surface area contributed by atoms with Crippen molar-refractivity contribution in [2.75, 3.05) is 20.1 Å². The molecule has 1 aliphatic rings. The van der Waals surface area contributed by atoms with E-state index in [9.17, 15) is 9.59 Å². The fourth-order valence-corrected chi connectivity index (χ4v) is 2.84. The van der Waals surface area contributed by atoms with E-state index in [1.165, 1.54) is 17.2 Å². The van der Waals surface area contributed by atoms with E-state index in [4.69, 9.17) is 4.42 Å². The fourth-order valence-electron chi connectivity index (χ4n) is 2.84. The van der Waals surface area contributed by atoms with Gasteiger partial charge in [0.05, 0.1) is 12.3 Å². The molecule has 2 aromatic rings. The maximum Gasteiger partial charge on any atom is 0.298 e. The summed E-state index contributed by atoms with van der Waals surface area (Å²) in [6, 6.07) is 13.2. The molecule has 1 fully saturated rings. The van der Waals surface area contributed by atoms with Crippen molar-refractivity contribution in [3.63, 3.8) is 0 Å². The molecule has 1 saturated heterocycles. The Kier molecular flexibility index (Phi) is 4.55. The largest absolute Gasteiger partial charge is 0.461 e. The minimum Gasteiger partial charge on any atom is -0.461 e. The number of hydrazine groups is 1. The molecule has 120 valence electrons. The van der Waals surface area contributed by atoms with Gasteiger partial charge in [-0.2, -0.15) is 0 Å². The van der Waals surface area contributed by atoms with Gasteiger partial charge in [-0.15, -0.1) is 0 Å². The highest BCUT2D eigenvalue weighted by Gasteiger charge is 2.32. The van der Waals surface area contributed by atoms with Crippen LogP contribution in [-0.2, 0) is 4.79 Å². The lowest BCUT2D eigenvalue weighted by atomic mass is 9.94. The minimum atomic E-state index is -0.618. The Bertz CT molecular complexity index is 670. The molecule has 0 saturated carbocycles. The number of carbonyl (C=O) groups is 2.